The van der Waals surface area contributed by atoms with E-state index in [-0.39, 0.29) is 11.8 Å². The van der Waals surface area contributed by atoms with Gasteiger partial charge in [-0.05, 0) is 56.2 Å². The van der Waals surface area contributed by atoms with Gasteiger partial charge in [-0.15, -0.1) is 0 Å². The van der Waals surface area contributed by atoms with Crippen LogP contribution in [0.2, 0.25) is 0 Å². The summed E-state index contributed by atoms with van der Waals surface area (Å²) in [4.78, 5) is 30.4. The van der Waals surface area contributed by atoms with E-state index in [9.17, 15) is 9.59 Å². The molecule has 2 fully saturated rings. The predicted molar refractivity (Wildman–Crippen MR) is 112 cm³/mol. The Morgan fingerprint density at radius 2 is 2.00 bits per heavy atom. The van der Waals surface area contributed by atoms with E-state index in [2.05, 4.69) is 36.1 Å². The van der Waals surface area contributed by atoms with Gasteiger partial charge in [0.15, 0.2) is 0 Å². The van der Waals surface area contributed by atoms with Crippen molar-refractivity contribution < 1.29 is 9.59 Å². The molecule has 28 heavy (non-hydrogen) atoms. The molecule has 0 aromatic heterocycles. The lowest BCUT2D eigenvalue weighted by atomic mass is 9.96. The Bertz CT molecular complexity index is 676. The van der Waals surface area contributed by atoms with Gasteiger partial charge >= 0.3 is 0 Å². The van der Waals surface area contributed by atoms with Crippen LogP contribution < -0.4 is 0 Å². The quantitative estimate of drug-likeness (QED) is 0.691. The number of benzene rings is 1. The summed E-state index contributed by atoms with van der Waals surface area (Å²) in [6.45, 7) is 7.74. The second kappa shape index (κ2) is 10.1. The highest BCUT2D eigenvalue weighted by Crippen LogP contribution is 2.19. The Kier molecular flexibility index (Phi) is 7.49. The van der Waals surface area contributed by atoms with Crippen LogP contribution in [0.3, 0.4) is 0 Å². The lowest BCUT2D eigenvalue weighted by Crippen LogP contribution is -2.42. The first-order valence-corrected chi connectivity index (χ1v) is 10.8. The Morgan fingerprint density at radius 3 is 2.75 bits per heavy atom. The standard InChI is InChI=1S/C23H35N3O2/c1-19-7-3-4-9-21(19)11-15-25-13-5-8-20(18-25)17-24(2)22(27)12-16-26-14-6-10-23(26)28/h3-4,7,9,20H,5-6,8,10-18H2,1-2H3/t20-/m0/s1. The number of likely N-dealkylation sites (tertiary alicyclic amines) is 2. The number of carbonyl (C=O) groups excluding carboxylic acids is 2. The molecule has 0 aliphatic carbocycles. The third kappa shape index (κ3) is 5.81. The Morgan fingerprint density at radius 1 is 1.18 bits per heavy atom. The van der Waals surface area contributed by atoms with Gasteiger partial charge in [-0.25, -0.2) is 0 Å². The van der Waals surface area contributed by atoms with Gasteiger partial charge in [0.2, 0.25) is 11.8 Å². The molecule has 2 aliphatic rings. The minimum atomic E-state index is 0.164. The largest absolute Gasteiger partial charge is 0.345 e. The van der Waals surface area contributed by atoms with Gasteiger partial charge in [0.1, 0.15) is 0 Å². The van der Waals surface area contributed by atoms with Crippen molar-refractivity contribution in [1.29, 1.82) is 0 Å². The number of carbonyl (C=O) groups is 2. The predicted octanol–water partition coefficient (Wildman–Crippen LogP) is 2.72. The molecule has 0 radical (unpaired) electrons. The minimum absolute atomic E-state index is 0.164. The molecular formula is C23H35N3O2. The number of rotatable bonds is 8. The van der Waals surface area contributed by atoms with Crippen LogP contribution in [0.4, 0.5) is 0 Å². The number of hydrogen-bond donors (Lipinski definition) is 0. The zero-order valence-electron chi connectivity index (χ0n) is 17.5. The van der Waals surface area contributed by atoms with E-state index >= 15 is 0 Å². The summed E-state index contributed by atoms with van der Waals surface area (Å²) in [5, 5.41) is 0. The molecule has 1 atom stereocenters. The third-order valence-electron chi connectivity index (χ3n) is 6.29. The van der Waals surface area contributed by atoms with Gasteiger partial charge in [-0.1, -0.05) is 24.3 Å². The van der Waals surface area contributed by atoms with Gasteiger partial charge < -0.3 is 14.7 Å². The summed E-state index contributed by atoms with van der Waals surface area (Å²) < 4.78 is 0. The molecule has 2 heterocycles. The van der Waals surface area contributed by atoms with E-state index in [0.717, 1.165) is 45.6 Å². The average molecular weight is 386 g/mol. The number of piperidine rings is 1. The van der Waals surface area contributed by atoms with Gasteiger partial charge in [-0.2, -0.15) is 0 Å². The number of nitrogens with zero attached hydrogens (tertiary/aromatic N) is 3. The zero-order chi connectivity index (χ0) is 19.9. The lowest BCUT2D eigenvalue weighted by molar-refractivity contribution is -0.132. The van der Waals surface area contributed by atoms with Crippen LogP contribution in [0.15, 0.2) is 24.3 Å². The molecule has 3 rings (SSSR count). The van der Waals surface area contributed by atoms with Crippen molar-refractivity contribution in [2.75, 3.05) is 46.3 Å². The first-order valence-electron chi connectivity index (χ1n) is 10.8. The average Bonchev–Trinajstić information content (AvgIpc) is 3.10. The van der Waals surface area contributed by atoms with Crippen molar-refractivity contribution in [1.82, 2.24) is 14.7 Å². The maximum Gasteiger partial charge on any atom is 0.224 e. The zero-order valence-corrected chi connectivity index (χ0v) is 17.5. The smallest absolute Gasteiger partial charge is 0.224 e. The summed E-state index contributed by atoms with van der Waals surface area (Å²) in [5.74, 6) is 0.914. The summed E-state index contributed by atoms with van der Waals surface area (Å²) >= 11 is 0. The molecule has 0 N–H and O–H groups in total. The fourth-order valence-corrected chi connectivity index (χ4v) is 4.52. The van der Waals surface area contributed by atoms with Crippen molar-refractivity contribution in [2.24, 2.45) is 5.92 Å². The van der Waals surface area contributed by atoms with E-state index in [0.29, 0.717) is 25.3 Å². The van der Waals surface area contributed by atoms with Crippen molar-refractivity contribution >= 4 is 11.8 Å². The molecule has 1 aromatic carbocycles. The molecule has 1 aromatic rings. The maximum absolute atomic E-state index is 12.5. The number of amides is 2. The first kappa shape index (κ1) is 20.8. The molecule has 0 bridgehead atoms. The molecule has 2 saturated heterocycles. The Labute approximate surface area is 169 Å². The van der Waals surface area contributed by atoms with Crippen LogP contribution in [0.1, 0.15) is 43.2 Å². The van der Waals surface area contributed by atoms with Crippen molar-refractivity contribution in [3.05, 3.63) is 35.4 Å². The van der Waals surface area contributed by atoms with Gasteiger partial charge in [-0.3, -0.25) is 9.59 Å². The fourth-order valence-electron chi connectivity index (χ4n) is 4.52. The monoisotopic (exact) mass is 385 g/mol. The molecule has 0 spiro atoms. The van der Waals surface area contributed by atoms with Crippen LogP contribution in [0.5, 0.6) is 0 Å². The topological polar surface area (TPSA) is 43.9 Å². The van der Waals surface area contributed by atoms with Gasteiger partial charge in [0, 0.05) is 52.6 Å². The van der Waals surface area contributed by atoms with E-state index in [1.54, 1.807) is 0 Å². The number of hydrogen-bond acceptors (Lipinski definition) is 3. The van der Waals surface area contributed by atoms with Crippen LogP contribution in [0.25, 0.3) is 0 Å². The molecule has 5 nitrogen and oxygen atoms in total. The number of aryl methyl sites for hydroxylation is 1. The van der Waals surface area contributed by atoms with Crippen LogP contribution in [-0.4, -0.2) is 72.8 Å². The van der Waals surface area contributed by atoms with Crippen LogP contribution in [0, 0.1) is 12.8 Å². The highest BCUT2D eigenvalue weighted by molar-refractivity contribution is 5.80. The molecule has 0 saturated carbocycles. The lowest BCUT2D eigenvalue weighted by Gasteiger charge is -2.35. The Balaban J connectivity index is 1.40. The van der Waals surface area contributed by atoms with Crippen LogP contribution >= 0.6 is 0 Å². The summed E-state index contributed by atoms with van der Waals surface area (Å²) in [5.41, 5.74) is 2.81. The molecule has 2 amide bonds. The molecule has 0 unspecified atom stereocenters. The van der Waals surface area contributed by atoms with Crippen molar-refractivity contribution in [3.63, 3.8) is 0 Å². The van der Waals surface area contributed by atoms with Crippen molar-refractivity contribution in [3.8, 4) is 0 Å². The van der Waals surface area contributed by atoms with Crippen molar-refractivity contribution in [2.45, 2.75) is 45.4 Å². The maximum atomic E-state index is 12.5. The van der Waals surface area contributed by atoms with E-state index in [1.165, 1.54) is 24.0 Å². The van der Waals surface area contributed by atoms with Gasteiger partial charge in [0.05, 0.1) is 0 Å². The van der Waals surface area contributed by atoms with Gasteiger partial charge in [0.25, 0.3) is 0 Å². The highest BCUT2D eigenvalue weighted by Gasteiger charge is 2.24. The molecule has 2 aliphatic heterocycles. The van der Waals surface area contributed by atoms with E-state index < -0.39 is 0 Å². The summed E-state index contributed by atoms with van der Waals surface area (Å²) in [6, 6.07) is 8.64. The first-order chi connectivity index (χ1) is 13.5. The van der Waals surface area contributed by atoms with Crippen LogP contribution in [-0.2, 0) is 16.0 Å². The summed E-state index contributed by atoms with van der Waals surface area (Å²) in [7, 11) is 1.92. The Hall–Kier alpha value is -1.88. The van der Waals surface area contributed by atoms with E-state index in [1.807, 2.05) is 16.8 Å². The second-order valence-electron chi connectivity index (χ2n) is 8.49. The molecule has 154 valence electrons. The SMILES string of the molecule is Cc1ccccc1CCN1CCC[C@@H](CN(C)C(=O)CCN2CCCC2=O)C1. The summed E-state index contributed by atoms with van der Waals surface area (Å²) in [6.07, 6.45) is 5.53. The molecular weight excluding hydrogens is 350 g/mol. The molecule has 5 heteroatoms. The minimum Gasteiger partial charge on any atom is -0.345 e. The normalized spacial score (nSPS) is 20.6. The second-order valence-corrected chi connectivity index (χ2v) is 8.49. The fraction of sp³-hybridized carbons (Fsp3) is 0.652. The highest BCUT2D eigenvalue weighted by atomic mass is 16.2. The van der Waals surface area contributed by atoms with E-state index in [4.69, 9.17) is 0 Å². The third-order valence-corrected chi connectivity index (χ3v) is 6.29.